The molecular weight excluding hydrogens is 288 g/mol. The second-order valence-corrected chi connectivity index (χ2v) is 6.30. The van der Waals surface area contributed by atoms with E-state index in [1.54, 1.807) is 6.92 Å². The molecular formula is C18H24N4O. The minimum atomic E-state index is 0.159. The van der Waals surface area contributed by atoms with E-state index in [0.717, 1.165) is 36.5 Å². The molecule has 0 aliphatic carbocycles. The highest BCUT2D eigenvalue weighted by atomic mass is 16.2. The van der Waals surface area contributed by atoms with Gasteiger partial charge in [-0.1, -0.05) is 19.4 Å². The van der Waals surface area contributed by atoms with Gasteiger partial charge in [-0.3, -0.25) is 14.2 Å². The summed E-state index contributed by atoms with van der Waals surface area (Å²) in [7, 11) is 0. The Morgan fingerprint density at radius 3 is 2.78 bits per heavy atom. The van der Waals surface area contributed by atoms with E-state index in [-0.39, 0.29) is 5.91 Å². The first-order valence-electron chi connectivity index (χ1n) is 8.28. The molecule has 122 valence electrons. The van der Waals surface area contributed by atoms with E-state index >= 15 is 0 Å². The number of amides is 1. The van der Waals surface area contributed by atoms with Crippen molar-refractivity contribution in [2.45, 2.75) is 40.0 Å². The first-order chi connectivity index (χ1) is 11.1. The lowest BCUT2D eigenvalue weighted by atomic mass is 9.91. The summed E-state index contributed by atoms with van der Waals surface area (Å²) in [6.45, 7) is 9.50. The highest BCUT2D eigenvalue weighted by Crippen LogP contribution is 2.35. The Morgan fingerprint density at radius 1 is 1.35 bits per heavy atom. The normalized spacial score (nSPS) is 21.7. The Morgan fingerprint density at radius 2 is 2.13 bits per heavy atom. The van der Waals surface area contributed by atoms with E-state index < -0.39 is 0 Å². The van der Waals surface area contributed by atoms with Gasteiger partial charge in [-0.05, 0) is 25.8 Å². The Bertz CT molecular complexity index is 762. The lowest BCUT2D eigenvalue weighted by Crippen LogP contribution is -2.26. The van der Waals surface area contributed by atoms with Crippen molar-refractivity contribution in [3.05, 3.63) is 35.6 Å². The molecule has 23 heavy (non-hydrogen) atoms. The predicted molar refractivity (Wildman–Crippen MR) is 91.2 cm³/mol. The smallest absolute Gasteiger partial charge is 0.219 e. The average molecular weight is 312 g/mol. The van der Waals surface area contributed by atoms with Gasteiger partial charge >= 0.3 is 0 Å². The van der Waals surface area contributed by atoms with Gasteiger partial charge in [0.05, 0.1) is 17.6 Å². The Hall–Kier alpha value is -2.17. The van der Waals surface area contributed by atoms with Crippen molar-refractivity contribution in [3.63, 3.8) is 0 Å². The minimum absolute atomic E-state index is 0.159. The number of likely N-dealkylation sites (tertiary alicyclic amines) is 1. The standard InChI is InChI=1S/C18H24N4O/c1-5-7-16-12(3)19-9-18-20-8-17(22(16)18)15-11-21(13(4)23)10-14(15)6-2/h5,7-9,14-15H,6,10-11H2,1-4H3/b7-5-/t14-,15+/m1/s1. The number of fused-ring (bicyclic) bond motifs is 1. The molecule has 0 spiro atoms. The maximum atomic E-state index is 11.8. The SMILES string of the molecule is C/C=C\c1c(C)ncc2ncc([C@H]3CN(C(C)=O)C[C@H]3CC)n12. The number of hydrogen-bond acceptors (Lipinski definition) is 3. The molecule has 0 saturated carbocycles. The zero-order valence-electron chi connectivity index (χ0n) is 14.3. The second kappa shape index (κ2) is 6.14. The van der Waals surface area contributed by atoms with Gasteiger partial charge in [-0.15, -0.1) is 0 Å². The van der Waals surface area contributed by atoms with Crippen molar-refractivity contribution in [1.29, 1.82) is 0 Å². The molecule has 5 nitrogen and oxygen atoms in total. The van der Waals surface area contributed by atoms with Crippen LogP contribution in [0.5, 0.6) is 0 Å². The van der Waals surface area contributed by atoms with Crippen LogP contribution in [-0.2, 0) is 4.79 Å². The molecule has 1 aliphatic heterocycles. The molecule has 3 rings (SSSR count). The van der Waals surface area contributed by atoms with E-state index in [1.165, 1.54) is 5.69 Å². The molecule has 5 heteroatoms. The number of carbonyl (C=O) groups is 1. The monoisotopic (exact) mass is 312 g/mol. The number of carbonyl (C=O) groups excluding carboxylic acids is 1. The zero-order chi connectivity index (χ0) is 16.6. The number of allylic oxidation sites excluding steroid dienone is 1. The van der Waals surface area contributed by atoms with Gasteiger partial charge in [-0.25, -0.2) is 4.98 Å². The highest BCUT2D eigenvalue weighted by Gasteiger charge is 2.35. The van der Waals surface area contributed by atoms with Crippen molar-refractivity contribution >= 4 is 17.6 Å². The molecule has 2 aromatic heterocycles. The van der Waals surface area contributed by atoms with Gasteiger partial charge in [0.2, 0.25) is 5.91 Å². The van der Waals surface area contributed by atoms with Crippen LogP contribution in [0.3, 0.4) is 0 Å². The van der Waals surface area contributed by atoms with Crippen molar-refractivity contribution in [2.75, 3.05) is 13.1 Å². The van der Waals surface area contributed by atoms with Crippen LogP contribution in [0.15, 0.2) is 18.5 Å². The van der Waals surface area contributed by atoms with Crippen molar-refractivity contribution in [3.8, 4) is 0 Å². The summed E-state index contributed by atoms with van der Waals surface area (Å²) >= 11 is 0. The molecule has 0 aromatic carbocycles. The van der Waals surface area contributed by atoms with Gasteiger partial charge in [0.1, 0.15) is 0 Å². The van der Waals surface area contributed by atoms with Gasteiger partial charge in [0, 0.05) is 37.8 Å². The summed E-state index contributed by atoms with van der Waals surface area (Å²) in [6, 6.07) is 0. The third kappa shape index (κ3) is 2.64. The summed E-state index contributed by atoms with van der Waals surface area (Å²) in [5, 5.41) is 0. The number of rotatable bonds is 3. The molecule has 2 atom stereocenters. The zero-order valence-corrected chi connectivity index (χ0v) is 14.3. The van der Waals surface area contributed by atoms with Crippen LogP contribution in [-0.4, -0.2) is 38.3 Å². The fraction of sp³-hybridized carbons (Fsp3) is 0.500. The summed E-state index contributed by atoms with van der Waals surface area (Å²) in [6.07, 6.45) is 8.95. The molecule has 0 N–H and O–H groups in total. The van der Waals surface area contributed by atoms with Crippen LogP contribution in [0.2, 0.25) is 0 Å². The van der Waals surface area contributed by atoms with Crippen LogP contribution in [0.4, 0.5) is 0 Å². The van der Waals surface area contributed by atoms with E-state index in [4.69, 9.17) is 0 Å². The molecule has 0 bridgehead atoms. The number of hydrogen-bond donors (Lipinski definition) is 0. The average Bonchev–Trinajstić information content (AvgIpc) is 3.13. The molecule has 2 aromatic rings. The fourth-order valence-corrected chi connectivity index (χ4v) is 3.61. The summed E-state index contributed by atoms with van der Waals surface area (Å²) in [5.74, 6) is 0.960. The van der Waals surface area contributed by atoms with Crippen molar-refractivity contribution < 1.29 is 4.79 Å². The Labute approximate surface area is 137 Å². The first-order valence-corrected chi connectivity index (χ1v) is 8.28. The number of nitrogens with zero attached hydrogens (tertiary/aromatic N) is 4. The lowest BCUT2D eigenvalue weighted by molar-refractivity contribution is -0.127. The van der Waals surface area contributed by atoms with Gasteiger partial charge < -0.3 is 4.90 Å². The molecule has 1 amide bonds. The van der Waals surface area contributed by atoms with E-state index in [9.17, 15) is 4.79 Å². The third-order valence-electron chi connectivity index (χ3n) is 4.92. The van der Waals surface area contributed by atoms with E-state index in [1.807, 2.05) is 37.2 Å². The fourth-order valence-electron chi connectivity index (χ4n) is 3.61. The van der Waals surface area contributed by atoms with Crippen LogP contribution in [0.1, 0.15) is 50.2 Å². The molecule has 1 fully saturated rings. The molecule has 1 aliphatic rings. The molecule has 1 saturated heterocycles. The highest BCUT2D eigenvalue weighted by molar-refractivity contribution is 5.73. The lowest BCUT2D eigenvalue weighted by Gasteiger charge is -2.17. The molecule has 3 heterocycles. The maximum absolute atomic E-state index is 11.8. The van der Waals surface area contributed by atoms with Crippen molar-refractivity contribution in [2.24, 2.45) is 5.92 Å². The largest absolute Gasteiger partial charge is 0.342 e. The quantitative estimate of drug-likeness (QED) is 0.875. The first kappa shape index (κ1) is 15.7. The topological polar surface area (TPSA) is 50.5 Å². The number of imidazole rings is 1. The molecule has 0 unspecified atom stereocenters. The molecule has 0 radical (unpaired) electrons. The van der Waals surface area contributed by atoms with Crippen LogP contribution in [0.25, 0.3) is 11.7 Å². The van der Waals surface area contributed by atoms with E-state index in [2.05, 4.69) is 27.4 Å². The van der Waals surface area contributed by atoms with Crippen molar-refractivity contribution in [1.82, 2.24) is 19.3 Å². The summed E-state index contributed by atoms with van der Waals surface area (Å²) < 4.78 is 2.21. The summed E-state index contributed by atoms with van der Waals surface area (Å²) in [4.78, 5) is 22.8. The Kier molecular flexibility index (Phi) is 4.20. The van der Waals surface area contributed by atoms with Gasteiger partial charge in [0.25, 0.3) is 0 Å². The second-order valence-electron chi connectivity index (χ2n) is 6.30. The van der Waals surface area contributed by atoms with Crippen LogP contribution in [0, 0.1) is 12.8 Å². The number of aromatic nitrogens is 3. The van der Waals surface area contributed by atoms with Crippen LogP contribution < -0.4 is 0 Å². The predicted octanol–water partition coefficient (Wildman–Crippen LogP) is 3.04. The van der Waals surface area contributed by atoms with E-state index in [0.29, 0.717) is 11.8 Å². The maximum Gasteiger partial charge on any atom is 0.219 e. The number of aryl methyl sites for hydroxylation is 1. The summed E-state index contributed by atoms with van der Waals surface area (Å²) in [5.41, 5.74) is 4.13. The van der Waals surface area contributed by atoms with Crippen LogP contribution >= 0.6 is 0 Å². The van der Waals surface area contributed by atoms with Gasteiger partial charge in [0.15, 0.2) is 5.65 Å². The minimum Gasteiger partial charge on any atom is -0.342 e. The Balaban J connectivity index is 2.12. The van der Waals surface area contributed by atoms with Gasteiger partial charge in [-0.2, -0.15) is 0 Å². The third-order valence-corrected chi connectivity index (χ3v) is 4.92.